The number of hydrogen-bond acceptors (Lipinski definition) is 3. The Morgan fingerprint density at radius 3 is 2.67 bits per heavy atom. The van der Waals surface area contributed by atoms with Gasteiger partial charge in [0.2, 0.25) is 0 Å². The summed E-state index contributed by atoms with van der Waals surface area (Å²) in [4.78, 5) is 20.0. The van der Waals surface area contributed by atoms with E-state index >= 15 is 0 Å². The van der Waals surface area contributed by atoms with Crippen LogP contribution in [-0.2, 0) is 6.54 Å². The highest BCUT2D eigenvalue weighted by atomic mass is 79.9. The zero-order valence-electron chi connectivity index (χ0n) is 10.6. The van der Waals surface area contributed by atoms with Crippen LogP contribution in [0.1, 0.15) is 22.5 Å². The van der Waals surface area contributed by atoms with Crippen LogP contribution in [0.2, 0.25) is 0 Å². The Bertz CT molecular complexity index is 649. The molecule has 0 bridgehead atoms. The molecule has 0 aromatic carbocycles. The van der Waals surface area contributed by atoms with Crippen LogP contribution in [0.15, 0.2) is 27.7 Å². The summed E-state index contributed by atoms with van der Waals surface area (Å²) in [6, 6.07) is 2.02. The molecule has 0 aliphatic rings. The molecule has 0 radical (unpaired) electrons. The predicted octanol–water partition coefficient (Wildman–Crippen LogP) is 2.37. The van der Waals surface area contributed by atoms with Gasteiger partial charge < -0.3 is 0 Å². The monoisotopic (exact) mass is 307 g/mol. The quantitative estimate of drug-likeness (QED) is 0.856. The average molecular weight is 308 g/mol. The molecule has 0 saturated heterocycles. The van der Waals surface area contributed by atoms with Crippen molar-refractivity contribution in [3.8, 4) is 0 Å². The SMILES string of the molecule is Cc1cncc(Cn2c(C)c(Br)c(C)nc2=O)c1. The van der Waals surface area contributed by atoms with Crippen molar-refractivity contribution in [1.29, 1.82) is 0 Å². The summed E-state index contributed by atoms with van der Waals surface area (Å²) in [7, 11) is 0. The summed E-state index contributed by atoms with van der Waals surface area (Å²) in [6.07, 6.45) is 3.56. The zero-order valence-corrected chi connectivity index (χ0v) is 12.2. The summed E-state index contributed by atoms with van der Waals surface area (Å²) >= 11 is 3.45. The lowest BCUT2D eigenvalue weighted by Gasteiger charge is -2.12. The lowest BCUT2D eigenvalue weighted by atomic mass is 10.2. The van der Waals surface area contributed by atoms with E-state index in [0.29, 0.717) is 6.54 Å². The first-order chi connectivity index (χ1) is 8.49. The van der Waals surface area contributed by atoms with E-state index in [0.717, 1.165) is 27.0 Å². The molecule has 18 heavy (non-hydrogen) atoms. The van der Waals surface area contributed by atoms with Gasteiger partial charge >= 0.3 is 5.69 Å². The summed E-state index contributed by atoms with van der Waals surface area (Å²) < 4.78 is 2.52. The molecule has 2 rings (SSSR count). The van der Waals surface area contributed by atoms with Gasteiger partial charge in [-0.15, -0.1) is 0 Å². The molecule has 0 aliphatic carbocycles. The van der Waals surface area contributed by atoms with Crippen molar-refractivity contribution in [1.82, 2.24) is 14.5 Å². The molecule has 5 heteroatoms. The second-order valence-electron chi connectivity index (χ2n) is 4.34. The molecule has 0 aliphatic heterocycles. The van der Waals surface area contributed by atoms with E-state index in [2.05, 4.69) is 25.9 Å². The molecule has 2 aromatic heterocycles. The number of aryl methyl sites for hydroxylation is 2. The van der Waals surface area contributed by atoms with Gasteiger partial charge in [0.25, 0.3) is 0 Å². The average Bonchev–Trinajstić information content (AvgIpc) is 2.32. The van der Waals surface area contributed by atoms with Crippen molar-refractivity contribution in [2.75, 3.05) is 0 Å². The van der Waals surface area contributed by atoms with E-state index in [4.69, 9.17) is 0 Å². The van der Waals surface area contributed by atoms with Gasteiger partial charge in [0.1, 0.15) is 0 Å². The van der Waals surface area contributed by atoms with Crippen LogP contribution in [0.3, 0.4) is 0 Å². The Kier molecular flexibility index (Phi) is 3.61. The van der Waals surface area contributed by atoms with E-state index in [9.17, 15) is 4.79 Å². The number of rotatable bonds is 2. The first-order valence-corrected chi connectivity index (χ1v) is 6.42. The summed E-state index contributed by atoms with van der Waals surface area (Å²) in [5, 5.41) is 0. The third kappa shape index (κ3) is 2.51. The lowest BCUT2D eigenvalue weighted by Crippen LogP contribution is -2.27. The second-order valence-corrected chi connectivity index (χ2v) is 5.13. The number of pyridine rings is 1. The highest BCUT2D eigenvalue weighted by molar-refractivity contribution is 9.10. The lowest BCUT2D eigenvalue weighted by molar-refractivity contribution is 0.686. The summed E-state index contributed by atoms with van der Waals surface area (Å²) in [5.74, 6) is 0. The van der Waals surface area contributed by atoms with Gasteiger partial charge in [0.05, 0.1) is 16.7 Å². The highest BCUT2D eigenvalue weighted by Gasteiger charge is 2.09. The molecule has 0 atom stereocenters. The van der Waals surface area contributed by atoms with E-state index in [1.165, 1.54) is 0 Å². The maximum absolute atomic E-state index is 11.9. The minimum atomic E-state index is -0.227. The van der Waals surface area contributed by atoms with Gasteiger partial charge in [-0.1, -0.05) is 6.07 Å². The Morgan fingerprint density at radius 1 is 1.28 bits per heavy atom. The fraction of sp³-hybridized carbons (Fsp3) is 0.308. The minimum Gasteiger partial charge on any atom is -0.291 e. The molecule has 0 N–H and O–H groups in total. The number of aromatic nitrogens is 3. The van der Waals surface area contributed by atoms with E-state index in [1.54, 1.807) is 17.0 Å². The van der Waals surface area contributed by atoms with Crippen LogP contribution in [-0.4, -0.2) is 14.5 Å². The molecule has 0 fully saturated rings. The largest absolute Gasteiger partial charge is 0.348 e. The molecule has 94 valence electrons. The van der Waals surface area contributed by atoms with Crippen molar-refractivity contribution < 1.29 is 0 Å². The van der Waals surface area contributed by atoms with Crippen LogP contribution in [0.4, 0.5) is 0 Å². The van der Waals surface area contributed by atoms with Gasteiger partial charge in [-0.3, -0.25) is 9.55 Å². The Balaban J connectivity index is 2.47. The molecule has 2 aromatic rings. The van der Waals surface area contributed by atoms with Gasteiger partial charge in [0, 0.05) is 18.1 Å². The van der Waals surface area contributed by atoms with E-state index < -0.39 is 0 Å². The Hall–Kier alpha value is -1.49. The van der Waals surface area contributed by atoms with Crippen LogP contribution < -0.4 is 5.69 Å². The summed E-state index contributed by atoms with van der Waals surface area (Å²) in [6.45, 7) is 6.20. The summed E-state index contributed by atoms with van der Waals surface area (Å²) in [5.41, 5.74) is 3.45. The molecular formula is C13H14BrN3O. The molecule has 0 saturated carbocycles. The van der Waals surface area contributed by atoms with Gasteiger partial charge in [-0.05, 0) is 47.8 Å². The standard InChI is InChI=1S/C13H14BrN3O/c1-8-4-11(6-15-5-8)7-17-10(3)12(14)9(2)16-13(17)18/h4-6H,7H2,1-3H3. The van der Waals surface area contributed by atoms with Gasteiger partial charge in [-0.2, -0.15) is 4.98 Å². The number of halogens is 1. The third-order valence-corrected chi connectivity index (χ3v) is 3.95. The fourth-order valence-corrected chi connectivity index (χ4v) is 2.15. The van der Waals surface area contributed by atoms with Gasteiger partial charge in [0.15, 0.2) is 0 Å². The Labute approximate surface area is 114 Å². The van der Waals surface area contributed by atoms with Crippen LogP contribution >= 0.6 is 15.9 Å². The maximum atomic E-state index is 11.9. The molecule has 4 nitrogen and oxygen atoms in total. The van der Waals surface area contributed by atoms with Crippen molar-refractivity contribution in [2.45, 2.75) is 27.3 Å². The third-order valence-electron chi connectivity index (χ3n) is 2.81. The highest BCUT2D eigenvalue weighted by Crippen LogP contribution is 2.17. The number of hydrogen-bond donors (Lipinski definition) is 0. The maximum Gasteiger partial charge on any atom is 0.348 e. The van der Waals surface area contributed by atoms with Crippen LogP contribution in [0.25, 0.3) is 0 Å². The van der Waals surface area contributed by atoms with Gasteiger partial charge in [-0.25, -0.2) is 4.79 Å². The van der Waals surface area contributed by atoms with Crippen LogP contribution in [0, 0.1) is 20.8 Å². The molecular weight excluding hydrogens is 294 g/mol. The molecule has 0 spiro atoms. The minimum absolute atomic E-state index is 0.227. The van der Waals surface area contributed by atoms with Crippen LogP contribution in [0.5, 0.6) is 0 Å². The predicted molar refractivity (Wildman–Crippen MR) is 73.7 cm³/mol. The first-order valence-electron chi connectivity index (χ1n) is 5.63. The molecule has 2 heterocycles. The second kappa shape index (κ2) is 5.02. The fourth-order valence-electron chi connectivity index (χ4n) is 1.85. The van der Waals surface area contributed by atoms with E-state index in [-0.39, 0.29) is 5.69 Å². The Morgan fingerprint density at radius 2 is 2.00 bits per heavy atom. The zero-order chi connectivity index (χ0) is 13.3. The molecule has 0 amide bonds. The van der Waals surface area contributed by atoms with Crippen molar-refractivity contribution in [2.24, 2.45) is 0 Å². The topological polar surface area (TPSA) is 47.8 Å². The van der Waals surface area contributed by atoms with Crippen molar-refractivity contribution in [3.63, 3.8) is 0 Å². The van der Waals surface area contributed by atoms with Crippen molar-refractivity contribution >= 4 is 15.9 Å². The number of nitrogens with zero attached hydrogens (tertiary/aromatic N) is 3. The smallest absolute Gasteiger partial charge is 0.291 e. The molecule has 0 unspecified atom stereocenters. The van der Waals surface area contributed by atoms with E-state index in [1.807, 2.05) is 26.8 Å². The normalized spacial score (nSPS) is 10.7. The first kappa shape index (κ1) is 13.0. The van der Waals surface area contributed by atoms with Crippen molar-refractivity contribution in [3.05, 3.63) is 55.9 Å².